The van der Waals surface area contributed by atoms with Crippen LogP contribution in [0, 0.1) is 0 Å². The van der Waals surface area contributed by atoms with E-state index in [1.807, 2.05) is 25.1 Å². The molecule has 0 bridgehead atoms. The number of methoxy groups -OCH3 is 2. The molecule has 2 aromatic rings. The van der Waals surface area contributed by atoms with Crippen molar-refractivity contribution in [3.8, 4) is 11.5 Å². The Bertz CT molecular complexity index is 830. The van der Waals surface area contributed by atoms with Gasteiger partial charge in [-0.2, -0.15) is 0 Å². The lowest BCUT2D eigenvalue weighted by Crippen LogP contribution is -2.45. The monoisotopic (exact) mass is 371 g/mol. The topological polar surface area (TPSA) is 76.7 Å². The van der Waals surface area contributed by atoms with E-state index in [1.165, 1.54) is 7.11 Å². The molecule has 27 heavy (non-hydrogen) atoms. The van der Waals surface area contributed by atoms with E-state index < -0.39 is 6.04 Å². The SMILES string of the molecule is C=C(C)COc1c(CN2Cc3[nH]cnc3CC2C(=O)OC)cccc1OC. The fourth-order valence-corrected chi connectivity index (χ4v) is 3.25. The van der Waals surface area contributed by atoms with E-state index in [1.54, 1.807) is 13.4 Å². The maximum absolute atomic E-state index is 12.4. The molecule has 1 N–H and O–H groups in total. The molecule has 0 amide bonds. The third kappa shape index (κ3) is 4.14. The number of esters is 1. The lowest BCUT2D eigenvalue weighted by atomic mass is 10.0. The van der Waals surface area contributed by atoms with Gasteiger partial charge in [-0.3, -0.25) is 9.69 Å². The van der Waals surface area contributed by atoms with Crippen molar-refractivity contribution < 1.29 is 19.0 Å². The van der Waals surface area contributed by atoms with Gasteiger partial charge >= 0.3 is 5.97 Å². The van der Waals surface area contributed by atoms with Gasteiger partial charge in [-0.15, -0.1) is 0 Å². The molecule has 1 aliphatic rings. The number of imidazole rings is 1. The van der Waals surface area contributed by atoms with Crippen LogP contribution in [0.15, 0.2) is 36.7 Å². The van der Waals surface area contributed by atoms with Crippen LogP contribution < -0.4 is 9.47 Å². The molecule has 1 aliphatic heterocycles. The number of nitrogens with zero attached hydrogens (tertiary/aromatic N) is 2. The summed E-state index contributed by atoms with van der Waals surface area (Å²) in [7, 11) is 3.02. The number of aromatic nitrogens is 2. The Morgan fingerprint density at radius 3 is 2.93 bits per heavy atom. The summed E-state index contributed by atoms with van der Waals surface area (Å²) in [5.74, 6) is 1.06. The molecule has 0 fully saturated rings. The largest absolute Gasteiger partial charge is 0.493 e. The Balaban J connectivity index is 1.90. The number of ether oxygens (including phenoxy) is 3. The minimum Gasteiger partial charge on any atom is -0.493 e. The molecule has 1 unspecified atom stereocenters. The number of nitrogens with one attached hydrogen (secondary N) is 1. The summed E-state index contributed by atoms with van der Waals surface area (Å²) in [6, 6.07) is 5.36. The van der Waals surface area contributed by atoms with Crippen LogP contribution in [0.2, 0.25) is 0 Å². The van der Waals surface area contributed by atoms with Gasteiger partial charge < -0.3 is 19.2 Å². The van der Waals surface area contributed by atoms with Crippen LogP contribution >= 0.6 is 0 Å². The van der Waals surface area contributed by atoms with Gasteiger partial charge in [0.15, 0.2) is 11.5 Å². The second-order valence-electron chi connectivity index (χ2n) is 6.67. The third-order valence-corrected chi connectivity index (χ3v) is 4.59. The van der Waals surface area contributed by atoms with E-state index in [4.69, 9.17) is 14.2 Å². The highest BCUT2D eigenvalue weighted by Crippen LogP contribution is 2.34. The highest BCUT2D eigenvalue weighted by Gasteiger charge is 2.34. The first kappa shape index (κ1) is 19.0. The number of hydrogen-bond acceptors (Lipinski definition) is 6. The fourth-order valence-electron chi connectivity index (χ4n) is 3.25. The van der Waals surface area contributed by atoms with Crippen LogP contribution in [0.4, 0.5) is 0 Å². The van der Waals surface area contributed by atoms with E-state index in [0.29, 0.717) is 37.6 Å². The Morgan fingerprint density at radius 1 is 1.41 bits per heavy atom. The number of rotatable bonds is 7. The molecule has 1 atom stereocenters. The van der Waals surface area contributed by atoms with Crippen molar-refractivity contribution >= 4 is 5.97 Å². The zero-order valence-corrected chi connectivity index (χ0v) is 15.9. The van der Waals surface area contributed by atoms with Crippen LogP contribution in [0.1, 0.15) is 23.9 Å². The van der Waals surface area contributed by atoms with Crippen molar-refractivity contribution in [2.75, 3.05) is 20.8 Å². The molecule has 0 spiro atoms. The zero-order valence-electron chi connectivity index (χ0n) is 15.9. The summed E-state index contributed by atoms with van der Waals surface area (Å²) < 4.78 is 16.4. The molecular formula is C20H25N3O4. The van der Waals surface area contributed by atoms with Gasteiger partial charge in [-0.1, -0.05) is 18.7 Å². The predicted molar refractivity (Wildman–Crippen MR) is 101 cm³/mol. The van der Waals surface area contributed by atoms with Crippen LogP contribution in [-0.4, -0.2) is 47.7 Å². The average molecular weight is 371 g/mol. The van der Waals surface area contributed by atoms with E-state index in [9.17, 15) is 4.79 Å². The van der Waals surface area contributed by atoms with Crippen molar-refractivity contribution in [2.24, 2.45) is 0 Å². The summed E-state index contributed by atoms with van der Waals surface area (Å²) in [6.07, 6.45) is 2.17. The first-order valence-corrected chi connectivity index (χ1v) is 8.79. The molecule has 0 radical (unpaired) electrons. The molecule has 7 heteroatoms. The molecule has 1 aromatic heterocycles. The van der Waals surface area contributed by atoms with Crippen molar-refractivity contribution in [3.63, 3.8) is 0 Å². The Morgan fingerprint density at radius 2 is 2.22 bits per heavy atom. The van der Waals surface area contributed by atoms with Crippen LogP contribution in [0.5, 0.6) is 11.5 Å². The zero-order chi connectivity index (χ0) is 19.4. The lowest BCUT2D eigenvalue weighted by Gasteiger charge is -2.33. The second-order valence-corrected chi connectivity index (χ2v) is 6.67. The van der Waals surface area contributed by atoms with Gasteiger partial charge in [-0.25, -0.2) is 4.98 Å². The van der Waals surface area contributed by atoms with Crippen molar-refractivity contribution in [3.05, 3.63) is 53.6 Å². The number of carbonyl (C=O) groups is 1. The number of benzene rings is 1. The summed E-state index contributed by atoms with van der Waals surface area (Å²) in [5, 5.41) is 0. The maximum atomic E-state index is 12.4. The number of fused-ring (bicyclic) bond motifs is 1. The highest BCUT2D eigenvalue weighted by atomic mass is 16.5. The van der Waals surface area contributed by atoms with Crippen molar-refractivity contribution in [1.82, 2.24) is 14.9 Å². The van der Waals surface area contributed by atoms with Crippen LogP contribution in [0.25, 0.3) is 0 Å². The van der Waals surface area contributed by atoms with E-state index in [-0.39, 0.29) is 5.97 Å². The number of aromatic amines is 1. The van der Waals surface area contributed by atoms with Crippen LogP contribution in [0.3, 0.4) is 0 Å². The average Bonchev–Trinajstić information content (AvgIpc) is 3.12. The minimum absolute atomic E-state index is 0.268. The summed E-state index contributed by atoms with van der Waals surface area (Å²) in [5.41, 5.74) is 3.78. The maximum Gasteiger partial charge on any atom is 0.323 e. The lowest BCUT2D eigenvalue weighted by molar-refractivity contribution is -0.148. The van der Waals surface area contributed by atoms with Gasteiger partial charge in [0.05, 0.1) is 31.9 Å². The second kappa shape index (κ2) is 8.26. The number of carbonyl (C=O) groups excluding carboxylic acids is 1. The molecule has 3 rings (SSSR count). The van der Waals surface area contributed by atoms with Gasteiger partial charge in [0.25, 0.3) is 0 Å². The quantitative estimate of drug-likeness (QED) is 0.595. The molecule has 0 aliphatic carbocycles. The van der Waals surface area contributed by atoms with Gasteiger partial charge in [0.1, 0.15) is 12.6 Å². The smallest absolute Gasteiger partial charge is 0.323 e. The van der Waals surface area contributed by atoms with Gasteiger partial charge in [-0.05, 0) is 18.6 Å². The molecule has 0 saturated heterocycles. The summed E-state index contributed by atoms with van der Waals surface area (Å²) in [6.45, 7) is 7.29. The number of hydrogen-bond donors (Lipinski definition) is 1. The molecular weight excluding hydrogens is 346 g/mol. The molecule has 7 nitrogen and oxygen atoms in total. The Labute approximate surface area is 158 Å². The van der Waals surface area contributed by atoms with Crippen LogP contribution in [-0.2, 0) is 29.0 Å². The van der Waals surface area contributed by atoms with E-state index >= 15 is 0 Å². The number of H-pyrrole nitrogens is 1. The first-order valence-electron chi connectivity index (χ1n) is 8.79. The van der Waals surface area contributed by atoms with Crippen molar-refractivity contribution in [2.45, 2.75) is 32.5 Å². The Hall–Kier alpha value is -2.80. The summed E-state index contributed by atoms with van der Waals surface area (Å²) >= 11 is 0. The van der Waals surface area contributed by atoms with E-state index in [2.05, 4.69) is 21.4 Å². The standard InChI is InChI=1S/C20H25N3O4/c1-13(2)11-27-19-14(6-5-7-18(19)25-3)9-23-10-16-15(21-12-22-16)8-17(23)20(24)26-4/h5-7,12,17H,1,8-11H2,2-4H3,(H,21,22). The first-order chi connectivity index (χ1) is 13.0. The normalized spacial score (nSPS) is 16.5. The molecule has 0 saturated carbocycles. The van der Waals surface area contributed by atoms with Gasteiger partial charge in [0, 0.05) is 25.1 Å². The molecule has 144 valence electrons. The molecule has 1 aromatic carbocycles. The summed E-state index contributed by atoms with van der Waals surface area (Å²) in [4.78, 5) is 21.9. The minimum atomic E-state index is -0.397. The van der Waals surface area contributed by atoms with E-state index in [0.717, 1.165) is 22.5 Å². The predicted octanol–water partition coefficient (Wildman–Crippen LogP) is 2.47. The third-order valence-electron chi connectivity index (χ3n) is 4.59. The highest BCUT2D eigenvalue weighted by molar-refractivity contribution is 5.76. The Kier molecular flexibility index (Phi) is 5.81. The molecule has 2 heterocycles. The van der Waals surface area contributed by atoms with Crippen molar-refractivity contribution in [1.29, 1.82) is 0 Å². The number of para-hydroxylation sites is 1. The van der Waals surface area contributed by atoms with Gasteiger partial charge in [0.2, 0.25) is 0 Å². The fraction of sp³-hybridized carbons (Fsp3) is 0.400.